The standard InChI is InChI=1S/C23H50N2.C7H7Cl/c1-5-7-8-9-10-11-12-13-14-15-16-17-18-19-20-21-22-24-23(6-2)25(3)4;8-6-7-4-2-1-3-5-7/h23-24H,5-22H2,1-4H3;1-5H,6H2. The van der Waals surface area contributed by atoms with Crippen molar-refractivity contribution in [1.29, 1.82) is 0 Å². The molecule has 1 aromatic carbocycles. The summed E-state index contributed by atoms with van der Waals surface area (Å²) in [5.41, 5.74) is 1.18. The molecule has 0 aliphatic carbocycles. The third-order valence-corrected chi connectivity index (χ3v) is 6.73. The minimum Gasteiger partial charge on any atom is -0.302 e. The van der Waals surface area contributed by atoms with Crippen LogP contribution in [-0.4, -0.2) is 31.7 Å². The van der Waals surface area contributed by atoms with Gasteiger partial charge in [-0.15, -0.1) is 11.6 Å². The lowest BCUT2D eigenvalue weighted by atomic mass is 10.0. The van der Waals surface area contributed by atoms with Gasteiger partial charge >= 0.3 is 0 Å². The van der Waals surface area contributed by atoms with E-state index in [1.165, 1.54) is 121 Å². The molecule has 1 atom stereocenters. The van der Waals surface area contributed by atoms with Crippen molar-refractivity contribution in [3.05, 3.63) is 35.9 Å². The summed E-state index contributed by atoms with van der Waals surface area (Å²) in [5, 5.41) is 3.64. The van der Waals surface area contributed by atoms with Gasteiger partial charge in [-0.1, -0.05) is 140 Å². The first-order chi connectivity index (χ1) is 16.2. The predicted molar refractivity (Wildman–Crippen MR) is 151 cm³/mol. The summed E-state index contributed by atoms with van der Waals surface area (Å²) in [7, 11) is 4.32. The van der Waals surface area contributed by atoms with Crippen molar-refractivity contribution in [3.63, 3.8) is 0 Å². The Bertz CT molecular complexity index is 477. The van der Waals surface area contributed by atoms with Crippen molar-refractivity contribution >= 4 is 11.6 Å². The highest BCUT2D eigenvalue weighted by molar-refractivity contribution is 6.17. The van der Waals surface area contributed by atoms with Crippen LogP contribution in [0.3, 0.4) is 0 Å². The van der Waals surface area contributed by atoms with Crippen molar-refractivity contribution in [1.82, 2.24) is 10.2 Å². The van der Waals surface area contributed by atoms with Crippen molar-refractivity contribution in [3.8, 4) is 0 Å². The number of unbranched alkanes of at least 4 members (excludes halogenated alkanes) is 15. The quantitative estimate of drug-likeness (QED) is 0.107. The molecule has 2 nitrogen and oxygen atoms in total. The van der Waals surface area contributed by atoms with Gasteiger partial charge < -0.3 is 5.32 Å². The molecule has 194 valence electrons. The van der Waals surface area contributed by atoms with Crippen molar-refractivity contribution in [2.24, 2.45) is 0 Å². The Kier molecular flexibility index (Phi) is 25.6. The van der Waals surface area contributed by atoms with Crippen LogP contribution in [0.15, 0.2) is 30.3 Å². The van der Waals surface area contributed by atoms with Crippen LogP contribution in [0.4, 0.5) is 0 Å². The van der Waals surface area contributed by atoms with E-state index in [0.717, 1.165) is 0 Å². The minimum atomic E-state index is 0.552. The third kappa shape index (κ3) is 23.0. The first-order valence-electron chi connectivity index (χ1n) is 14.1. The molecule has 0 aliphatic heterocycles. The molecule has 0 radical (unpaired) electrons. The molecule has 0 bridgehead atoms. The SMILES string of the molecule is CCCCCCCCCCCCCCCCCCNC(CC)N(C)C.ClCc1ccccc1. The number of halogens is 1. The lowest BCUT2D eigenvalue weighted by molar-refractivity contribution is 0.238. The van der Waals surface area contributed by atoms with Gasteiger partial charge in [0.15, 0.2) is 0 Å². The molecule has 0 spiro atoms. The van der Waals surface area contributed by atoms with Crippen LogP contribution < -0.4 is 5.32 Å². The lowest BCUT2D eigenvalue weighted by Crippen LogP contribution is -2.41. The monoisotopic (exact) mass is 480 g/mol. The van der Waals surface area contributed by atoms with E-state index in [9.17, 15) is 0 Å². The summed E-state index contributed by atoms with van der Waals surface area (Å²) in [4.78, 5) is 2.28. The van der Waals surface area contributed by atoms with E-state index >= 15 is 0 Å². The van der Waals surface area contributed by atoms with Crippen molar-refractivity contribution < 1.29 is 0 Å². The normalized spacial score (nSPS) is 11.9. The molecule has 33 heavy (non-hydrogen) atoms. The number of benzene rings is 1. The van der Waals surface area contributed by atoms with E-state index < -0.39 is 0 Å². The van der Waals surface area contributed by atoms with Gasteiger partial charge in [0.25, 0.3) is 0 Å². The van der Waals surface area contributed by atoms with Crippen LogP contribution >= 0.6 is 11.6 Å². The second-order valence-corrected chi connectivity index (χ2v) is 10.0. The second-order valence-electron chi connectivity index (χ2n) is 9.76. The van der Waals surface area contributed by atoms with Crippen LogP contribution in [0.25, 0.3) is 0 Å². The summed E-state index contributed by atoms with van der Waals surface area (Å²) >= 11 is 5.53. The number of nitrogens with one attached hydrogen (secondary N) is 1. The van der Waals surface area contributed by atoms with Gasteiger partial charge in [0.2, 0.25) is 0 Å². The number of rotatable bonds is 21. The molecule has 3 heteroatoms. The van der Waals surface area contributed by atoms with Crippen LogP contribution in [-0.2, 0) is 5.88 Å². The van der Waals surface area contributed by atoms with Gasteiger partial charge in [-0.3, -0.25) is 4.90 Å². The highest BCUT2D eigenvalue weighted by Gasteiger charge is 2.05. The molecule has 0 amide bonds. The molecule has 1 unspecified atom stereocenters. The fraction of sp³-hybridized carbons (Fsp3) is 0.800. The van der Waals surface area contributed by atoms with Crippen LogP contribution in [0.5, 0.6) is 0 Å². The average Bonchev–Trinajstić information content (AvgIpc) is 2.84. The van der Waals surface area contributed by atoms with Gasteiger partial charge in [-0.25, -0.2) is 0 Å². The fourth-order valence-corrected chi connectivity index (χ4v) is 4.38. The molecule has 1 rings (SSSR count). The zero-order chi connectivity index (χ0) is 24.4. The van der Waals surface area contributed by atoms with Gasteiger partial charge in [0.1, 0.15) is 0 Å². The van der Waals surface area contributed by atoms with Crippen LogP contribution in [0.2, 0.25) is 0 Å². The minimum absolute atomic E-state index is 0.552. The van der Waals surface area contributed by atoms with Crippen molar-refractivity contribution in [2.45, 2.75) is 135 Å². The molecule has 0 saturated carbocycles. The molecule has 0 saturated heterocycles. The Morgan fingerprint density at radius 1 is 0.667 bits per heavy atom. The molecule has 0 fully saturated rings. The maximum absolute atomic E-state index is 5.53. The number of alkyl halides is 1. The second kappa shape index (κ2) is 26.0. The van der Waals surface area contributed by atoms with Crippen molar-refractivity contribution in [2.75, 3.05) is 20.6 Å². The zero-order valence-corrected chi connectivity index (χ0v) is 23.5. The maximum atomic E-state index is 5.53. The summed E-state index contributed by atoms with van der Waals surface area (Å²) in [6.07, 6.45) is 24.9. The lowest BCUT2D eigenvalue weighted by Gasteiger charge is -2.24. The average molecular weight is 481 g/mol. The first kappa shape index (κ1) is 32.4. The summed E-state index contributed by atoms with van der Waals surface area (Å²) < 4.78 is 0. The molecule has 0 aliphatic rings. The zero-order valence-electron chi connectivity index (χ0n) is 22.7. The summed E-state index contributed by atoms with van der Waals surface area (Å²) in [6.45, 7) is 5.73. The Balaban J connectivity index is 0.00000106. The maximum Gasteiger partial charge on any atom is 0.0589 e. The smallest absolute Gasteiger partial charge is 0.0589 e. The highest BCUT2D eigenvalue weighted by atomic mass is 35.5. The number of hydrogen-bond acceptors (Lipinski definition) is 2. The Morgan fingerprint density at radius 3 is 1.42 bits per heavy atom. The summed E-state index contributed by atoms with van der Waals surface area (Å²) in [6, 6.07) is 9.96. The van der Waals surface area contributed by atoms with E-state index in [2.05, 4.69) is 38.2 Å². The summed E-state index contributed by atoms with van der Waals surface area (Å²) in [5.74, 6) is 0.612. The number of hydrogen-bond donors (Lipinski definition) is 1. The van der Waals surface area contributed by atoms with E-state index in [1.807, 2.05) is 30.3 Å². The van der Waals surface area contributed by atoms with E-state index in [0.29, 0.717) is 12.0 Å². The van der Waals surface area contributed by atoms with Crippen LogP contribution in [0.1, 0.15) is 129 Å². The van der Waals surface area contributed by atoms with Gasteiger partial charge in [0.05, 0.1) is 6.17 Å². The fourth-order valence-electron chi connectivity index (χ4n) is 4.20. The van der Waals surface area contributed by atoms with E-state index in [-0.39, 0.29) is 0 Å². The Hall–Kier alpha value is -0.570. The topological polar surface area (TPSA) is 15.3 Å². The van der Waals surface area contributed by atoms with Gasteiger partial charge in [-0.05, 0) is 39.0 Å². The van der Waals surface area contributed by atoms with E-state index in [4.69, 9.17) is 11.6 Å². The van der Waals surface area contributed by atoms with Crippen LogP contribution in [0, 0.1) is 0 Å². The van der Waals surface area contributed by atoms with E-state index in [1.54, 1.807) is 0 Å². The molecular weight excluding hydrogens is 424 g/mol. The molecular formula is C30H57ClN2. The molecule has 1 N–H and O–H groups in total. The third-order valence-electron chi connectivity index (χ3n) is 6.42. The highest BCUT2D eigenvalue weighted by Crippen LogP contribution is 2.13. The largest absolute Gasteiger partial charge is 0.302 e. The van der Waals surface area contributed by atoms with Gasteiger partial charge in [0, 0.05) is 5.88 Å². The predicted octanol–water partition coefficient (Wildman–Crippen LogP) is 9.56. The Labute approximate surface area is 213 Å². The molecule has 1 aromatic rings. The van der Waals surface area contributed by atoms with Gasteiger partial charge in [-0.2, -0.15) is 0 Å². The Morgan fingerprint density at radius 2 is 1.09 bits per heavy atom. The number of nitrogens with zero attached hydrogens (tertiary/aromatic N) is 1. The molecule has 0 aromatic heterocycles. The first-order valence-corrected chi connectivity index (χ1v) is 14.7. The molecule has 0 heterocycles.